The first-order valence-corrected chi connectivity index (χ1v) is 7.90. The lowest BCUT2D eigenvalue weighted by Crippen LogP contribution is -2.28. The van der Waals surface area contributed by atoms with E-state index in [0.29, 0.717) is 18.4 Å². The molecule has 3 N–H and O–H groups in total. The van der Waals surface area contributed by atoms with Crippen LogP contribution in [0.4, 0.5) is 4.39 Å². The van der Waals surface area contributed by atoms with Crippen LogP contribution in [0.2, 0.25) is 0 Å². The van der Waals surface area contributed by atoms with Gasteiger partial charge in [0.25, 0.3) is 0 Å². The Labute approximate surface area is 112 Å². The quantitative estimate of drug-likeness (QED) is 0.582. The zero-order chi connectivity index (χ0) is 14.5. The maximum atomic E-state index is 13.6. The van der Waals surface area contributed by atoms with E-state index in [9.17, 15) is 12.8 Å². The molecule has 0 aliphatic rings. The molecular weight excluding hydrogens is 271 g/mol. The number of ether oxygens (including phenoxy) is 1. The normalized spacial score (nSPS) is 13.3. The predicted molar refractivity (Wildman–Crippen MR) is 72.0 cm³/mol. The van der Waals surface area contributed by atoms with Crippen molar-refractivity contribution in [1.29, 1.82) is 0 Å². The molecule has 0 saturated heterocycles. The monoisotopic (exact) mass is 290 g/mol. The average molecular weight is 290 g/mol. The Balaban J connectivity index is 2.72. The molecular formula is C12H19FN2O3S. The number of rotatable bonds is 7. The van der Waals surface area contributed by atoms with Crippen LogP contribution in [0.25, 0.3) is 0 Å². The van der Waals surface area contributed by atoms with E-state index in [1.165, 1.54) is 25.5 Å². The first-order chi connectivity index (χ1) is 8.87. The topological polar surface area (TPSA) is 81.4 Å². The first kappa shape index (κ1) is 15.9. The molecule has 0 aliphatic heterocycles. The highest BCUT2D eigenvalue weighted by atomic mass is 32.2. The largest absolute Gasteiger partial charge is 0.494 e. The molecule has 108 valence electrons. The highest BCUT2D eigenvalue weighted by Gasteiger charge is 2.13. The zero-order valence-corrected chi connectivity index (χ0v) is 11.8. The Kier molecular flexibility index (Phi) is 5.71. The van der Waals surface area contributed by atoms with Gasteiger partial charge in [-0.25, -0.2) is 12.8 Å². The molecule has 1 unspecified atom stereocenters. The zero-order valence-electron chi connectivity index (χ0n) is 11.0. The van der Waals surface area contributed by atoms with Gasteiger partial charge in [0.15, 0.2) is 11.6 Å². The SMILES string of the molecule is COc1ccc(C(CCCS(C)(=O)=O)NN)cc1F. The van der Waals surface area contributed by atoms with Gasteiger partial charge in [0, 0.05) is 18.1 Å². The van der Waals surface area contributed by atoms with E-state index in [1.807, 2.05) is 0 Å². The van der Waals surface area contributed by atoms with Gasteiger partial charge in [-0.3, -0.25) is 11.3 Å². The molecule has 1 atom stereocenters. The molecule has 0 radical (unpaired) electrons. The smallest absolute Gasteiger partial charge is 0.165 e. The van der Waals surface area contributed by atoms with Crippen LogP contribution in [0.1, 0.15) is 24.4 Å². The Bertz CT molecular complexity index is 520. The van der Waals surface area contributed by atoms with Crippen molar-refractivity contribution in [3.8, 4) is 5.75 Å². The van der Waals surface area contributed by atoms with Crippen LogP contribution < -0.4 is 16.0 Å². The van der Waals surface area contributed by atoms with Crippen molar-refractivity contribution in [1.82, 2.24) is 5.43 Å². The van der Waals surface area contributed by atoms with E-state index in [-0.39, 0.29) is 17.5 Å². The van der Waals surface area contributed by atoms with Gasteiger partial charge in [0.2, 0.25) is 0 Å². The molecule has 0 bridgehead atoms. The minimum absolute atomic E-state index is 0.0871. The van der Waals surface area contributed by atoms with Crippen LogP contribution in [0.5, 0.6) is 5.75 Å². The van der Waals surface area contributed by atoms with E-state index in [0.717, 1.165) is 0 Å². The third kappa shape index (κ3) is 5.14. The highest BCUT2D eigenvalue weighted by molar-refractivity contribution is 7.90. The fraction of sp³-hybridized carbons (Fsp3) is 0.500. The van der Waals surface area contributed by atoms with E-state index in [4.69, 9.17) is 10.6 Å². The van der Waals surface area contributed by atoms with Crippen LogP contribution in [-0.2, 0) is 9.84 Å². The van der Waals surface area contributed by atoms with Crippen LogP contribution in [0.15, 0.2) is 18.2 Å². The van der Waals surface area contributed by atoms with Crippen LogP contribution >= 0.6 is 0 Å². The van der Waals surface area contributed by atoms with Crippen molar-refractivity contribution in [2.75, 3.05) is 19.1 Å². The maximum Gasteiger partial charge on any atom is 0.165 e. The number of nitrogens with two attached hydrogens (primary N) is 1. The minimum Gasteiger partial charge on any atom is -0.494 e. The summed E-state index contributed by atoms with van der Waals surface area (Å²) in [6, 6.07) is 4.27. The van der Waals surface area contributed by atoms with Crippen LogP contribution in [-0.4, -0.2) is 27.5 Å². The van der Waals surface area contributed by atoms with Gasteiger partial charge < -0.3 is 4.74 Å². The lowest BCUT2D eigenvalue weighted by molar-refractivity contribution is 0.385. The van der Waals surface area contributed by atoms with E-state index in [2.05, 4.69) is 5.43 Å². The van der Waals surface area contributed by atoms with Crippen molar-refractivity contribution in [2.45, 2.75) is 18.9 Å². The molecule has 0 spiro atoms. The third-order valence-electron chi connectivity index (χ3n) is 2.79. The van der Waals surface area contributed by atoms with Gasteiger partial charge in [-0.2, -0.15) is 0 Å². The lowest BCUT2D eigenvalue weighted by Gasteiger charge is -2.16. The van der Waals surface area contributed by atoms with E-state index in [1.54, 1.807) is 6.07 Å². The second-order valence-corrected chi connectivity index (χ2v) is 6.65. The third-order valence-corrected chi connectivity index (χ3v) is 3.82. The Morgan fingerprint density at radius 1 is 1.47 bits per heavy atom. The molecule has 5 nitrogen and oxygen atoms in total. The molecule has 1 rings (SSSR count). The standard InChI is InChI=1S/C12H19FN2O3S/c1-18-12-6-5-9(8-10(12)13)11(15-14)4-3-7-19(2,16)17/h5-6,8,11,15H,3-4,7,14H2,1-2H3. The Morgan fingerprint density at radius 3 is 2.63 bits per heavy atom. The molecule has 0 saturated carbocycles. The second kappa shape index (κ2) is 6.83. The number of hydrogen-bond donors (Lipinski definition) is 2. The van der Waals surface area contributed by atoms with Gasteiger partial charge in [-0.1, -0.05) is 6.07 Å². The van der Waals surface area contributed by atoms with Crippen LogP contribution in [0.3, 0.4) is 0 Å². The number of nitrogens with one attached hydrogen (secondary N) is 1. The van der Waals surface area contributed by atoms with Crippen molar-refractivity contribution >= 4 is 9.84 Å². The molecule has 0 aromatic heterocycles. The number of hydrogen-bond acceptors (Lipinski definition) is 5. The maximum absolute atomic E-state index is 13.6. The number of benzene rings is 1. The van der Waals surface area contributed by atoms with Gasteiger partial charge in [0.05, 0.1) is 7.11 Å². The van der Waals surface area contributed by atoms with Crippen molar-refractivity contribution < 1.29 is 17.5 Å². The fourth-order valence-electron chi connectivity index (χ4n) is 1.80. The van der Waals surface area contributed by atoms with Crippen molar-refractivity contribution in [2.24, 2.45) is 5.84 Å². The number of halogens is 1. The van der Waals surface area contributed by atoms with E-state index >= 15 is 0 Å². The van der Waals surface area contributed by atoms with Gasteiger partial charge in [0.1, 0.15) is 9.84 Å². The molecule has 0 aliphatic carbocycles. The summed E-state index contributed by atoms with van der Waals surface area (Å²) in [4.78, 5) is 0. The molecule has 0 fully saturated rings. The summed E-state index contributed by atoms with van der Waals surface area (Å²) in [6.07, 6.45) is 2.15. The average Bonchev–Trinajstić information content (AvgIpc) is 2.33. The highest BCUT2D eigenvalue weighted by Crippen LogP contribution is 2.24. The molecule has 0 amide bonds. The molecule has 1 aromatic carbocycles. The first-order valence-electron chi connectivity index (χ1n) is 5.84. The van der Waals surface area contributed by atoms with Crippen molar-refractivity contribution in [3.63, 3.8) is 0 Å². The van der Waals surface area contributed by atoms with E-state index < -0.39 is 15.7 Å². The Hall–Kier alpha value is -1.18. The lowest BCUT2D eigenvalue weighted by atomic mass is 10.0. The van der Waals surface area contributed by atoms with Crippen LogP contribution in [0, 0.1) is 5.82 Å². The summed E-state index contributed by atoms with van der Waals surface area (Å²) in [6.45, 7) is 0. The Morgan fingerprint density at radius 2 is 2.16 bits per heavy atom. The van der Waals surface area contributed by atoms with Gasteiger partial charge in [-0.15, -0.1) is 0 Å². The minimum atomic E-state index is -2.99. The molecule has 1 aromatic rings. The number of sulfone groups is 1. The summed E-state index contributed by atoms with van der Waals surface area (Å²) in [5.41, 5.74) is 3.23. The summed E-state index contributed by atoms with van der Waals surface area (Å²) >= 11 is 0. The number of methoxy groups -OCH3 is 1. The van der Waals surface area contributed by atoms with Gasteiger partial charge >= 0.3 is 0 Å². The number of hydrazine groups is 1. The molecule has 19 heavy (non-hydrogen) atoms. The second-order valence-electron chi connectivity index (χ2n) is 4.39. The summed E-state index contributed by atoms with van der Waals surface area (Å²) < 4.78 is 40.5. The molecule has 0 heterocycles. The summed E-state index contributed by atoms with van der Waals surface area (Å²) in [5, 5.41) is 0. The van der Waals surface area contributed by atoms with Gasteiger partial charge in [-0.05, 0) is 30.5 Å². The van der Waals surface area contributed by atoms with Crippen molar-refractivity contribution in [3.05, 3.63) is 29.6 Å². The molecule has 7 heteroatoms. The fourth-order valence-corrected chi connectivity index (χ4v) is 2.49. The predicted octanol–water partition coefficient (Wildman–Crippen LogP) is 1.16. The summed E-state index contributed by atoms with van der Waals surface area (Å²) in [7, 11) is -1.60. The summed E-state index contributed by atoms with van der Waals surface area (Å²) in [5.74, 6) is 5.20.